The van der Waals surface area contributed by atoms with Gasteiger partial charge in [-0.3, -0.25) is 0 Å². The van der Waals surface area contributed by atoms with Crippen molar-refractivity contribution in [2.24, 2.45) is 5.92 Å². The molecule has 1 rings (SSSR count). The molecule has 0 radical (unpaired) electrons. The Bertz CT molecular complexity index is 232. The van der Waals surface area contributed by atoms with E-state index in [1.165, 1.54) is 0 Å². The van der Waals surface area contributed by atoms with E-state index in [-0.39, 0.29) is 6.61 Å². The summed E-state index contributed by atoms with van der Waals surface area (Å²) in [6.07, 6.45) is 4.64. The molecule has 3 heteroatoms. The summed E-state index contributed by atoms with van der Waals surface area (Å²) in [5.74, 6) is 0.643. The van der Waals surface area contributed by atoms with Crippen molar-refractivity contribution < 1.29 is 5.11 Å². The molecule has 3 nitrogen and oxygen atoms in total. The minimum atomic E-state index is 0.0798. The zero-order valence-corrected chi connectivity index (χ0v) is 7.70. The number of nitrogens with zero attached hydrogens (tertiary/aromatic N) is 2. The maximum atomic E-state index is 8.93. The zero-order chi connectivity index (χ0) is 8.97. The standard InChI is InChI=1S/C9H16N2O/c1-3-8(2)5-11-7-10-4-9(11)6-12/h4,7-8,12H,3,5-6H2,1-2H3. The van der Waals surface area contributed by atoms with Crippen LogP contribution in [0.3, 0.4) is 0 Å². The fourth-order valence-corrected chi connectivity index (χ4v) is 1.11. The lowest BCUT2D eigenvalue weighted by Crippen LogP contribution is -2.08. The summed E-state index contributed by atoms with van der Waals surface area (Å²) in [7, 11) is 0. The lowest BCUT2D eigenvalue weighted by atomic mass is 10.1. The molecule has 1 unspecified atom stereocenters. The number of rotatable bonds is 4. The van der Waals surface area contributed by atoms with Gasteiger partial charge in [0.25, 0.3) is 0 Å². The lowest BCUT2D eigenvalue weighted by Gasteiger charge is -2.11. The van der Waals surface area contributed by atoms with Crippen LogP contribution < -0.4 is 0 Å². The van der Waals surface area contributed by atoms with Crippen molar-refractivity contribution in [2.75, 3.05) is 0 Å². The van der Waals surface area contributed by atoms with E-state index in [1.807, 2.05) is 4.57 Å². The van der Waals surface area contributed by atoms with Crippen molar-refractivity contribution in [3.63, 3.8) is 0 Å². The van der Waals surface area contributed by atoms with Crippen LogP contribution in [0, 0.1) is 5.92 Å². The monoisotopic (exact) mass is 168 g/mol. The van der Waals surface area contributed by atoms with E-state index in [0.29, 0.717) is 5.92 Å². The van der Waals surface area contributed by atoms with E-state index >= 15 is 0 Å². The van der Waals surface area contributed by atoms with Crippen molar-refractivity contribution >= 4 is 0 Å². The number of imidazole rings is 1. The molecule has 1 heterocycles. The van der Waals surface area contributed by atoms with E-state index in [9.17, 15) is 0 Å². The van der Waals surface area contributed by atoms with Gasteiger partial charge >= 0.3 is 0 Å². The minimum absolute atomic E-state index is 0.0798. The molecule has 0 aliphatic rings. The smallest absolute Gasteiger partial charge is 0.0948 e. The van der Waals surface area contributed by atoms with Gasteiger partial charge in [0, 0.05) is 6.54 Å². The van der Waals surface area contributed by atoms with E-state index in [0.717, 1.165) is 18.7 Å². The van der Waals surface area contributed by atoms with Crippen molar-refractivity contribution in [1.82, 2.24) is 9.55 Å². The summed E-state index contributed by atoms with van der Waals surface area (Å²) in [5.41, 5.74) is 0.898. The highest BCUT2D eigenvalue weighted by Gasteiger charge is 2.03. The molecule has 0 aliphatic heterocycles. The highest BCUT2D eigenvalue weighted by Crippen LogP contribution is 2.07. The van der Waals surface area contributed by atoms with E-state index in [1.54, 1.807) is 12.5 Å². The van der Waals surface area contributed by atoms with Gasteiger partial charge in [0.2, 0.25) is 0 Å². The molecule has 0 aromatic carbocycles. The molecule has 0 amide bonds. The normalized spacial score (nSPS) is 13.2. The fraction of sp³-hybridized carbons (Fsp3) is 0.667. The maximum Gasteiger partial charge on any atom is 0.0948 e. The third kappa shape index (κ3) is 2.08. The van der Waals surface area contributed by atoms with Gasteiger partial charge in [0.1, 0.15) is 0 Å². The van der Waals surface area contributed by atoms with Crippen molar-refractivity contribution in [1.29, 1.82) is 0 Å². The molecular formula is C9H16N2O. The summed E-state index contributed by atoms with van der Waals surface area (Å²) in [6, 6.07) is 0. The summed E-state index contributed by atoms with van der Waals surface area (Å²) >= 11 is 0. The van der Waals surface area contributed by atoms with Gasteiger partial charge in [-0.25, -0.2) is 4.98 Å². The fourth-order valence-electron chi connectivity index (χ4n) is 1.11. The number of hydrogen-bond donors (Lipinski definition) is 1. The zero-order valence-electron chi connectivity index (χ0n) is 7.70. The van der Waals surface area contributed by atoms with Gasteiger partial charge in [-0.2, -0.15) is 0 Å². The topological polar surface area (TPSA) is 38.0 Å². The molecule has 0 saturated carbocycles. The van der Waals surface area contributed by atoms with Crippen molar-refractivity contribution in [3.05, 3.63) is 18.2 Å². The summed E-state index contributed by atoms with van der Waals surface area (Å²) in [6.45, 7) is 5.39. The molecule has 0 fully saturated rings. The van der Waals surface area contributed by atoms with Crippen molar-refractivity contribution in [3.8, 4) is 0 Å². The van der Waals surface area contributed by atoms with Crippen LogP contribution in [0.4, 0.5) is 0 Å². The molecule has 1 aromatic heterocycles. The second kappa shape index (κ2) is 4.26. The first kappa shape index (κ1) is 9.26. The summed E-state index contributed by atoms with van der Waals surface area (Å²) < 4.78 is 2.01. The van der Waals surface area contributed by atoms with Crippen LogP contribution >= 0.6 is 0 Å². The van der Waals surface area contributed by atoms with Crippen LogP contribution in [0.25, 0.3) is 0 Å². The Kier molecular flexibility index (Phi) is 3.29. The molecule has 0 saturated heterocycles. The number of hydrogen-bond acceptors (Lipinski definition) is 2. The molecule has 68 valence electrons. The van der Waals surface area contributed by atoms with E-state index in [4.69, 9.17) is 5.11 Å². The van der Waals surface area contributed by atoms with Crippen LogP contribution in [-0.4, -0.2) is 14.7 Å². The number of aliphatic hydroxyl groups excluding tert-OH is 1. The first-order chi connectivity index (χ1) is 5.77. The molecule has 0 aliphatic carbocycles. The Balaban J connectivity index is 2.61. The van der Waals surface area contributed by atoms with Crippen LogP contribution in [0.5, 0.6) is 0 Å². The predicted octanol–water partition coefficient (Wildman–Crippen LogP) is 1.42. The summed E-state index contributed by atoms with van der Waals surface area (Å²) in [5, 5.41) is 8.93. The molecule has 12 heavy (non-hydrogen) atoms. The molecule has 1 N–H and O–H groups in total. The van der Waals surface area contributed by atoms with Gasteiger partial charge in [0.05, 0.1) is 24.8 Å². The first-order valence-corrected chi connectivity index (χ1v) is 4.37. The molecule has 1 aromatic rings. The van der Waals surface area contributed by atoms with Crippen LogP contribution in [0.1, 0.15) is 26.0 Å². The Hall–Kier alpha value is -0.830. The van der Waals surface area contributed by atoms with Crippen molar-refractivity contribution in [2.45, 2.75) is 33.4 Å². The first-order valence-electron chi connectivity index (χ1n) is 4.37. The Morgan fingerprint density at radius 1 is 1.67 bits per heavy atom. The van der Waals surface area contributed by atoms with E-state index in [2.05, 4.69) is 18.8 Å². The minimum Gasteiger partial charge on any atom is -0.390 e. The number of aliphatic hydroxyl groups is 1. The number of aromatic nitrogens is 2. The highest BCUT2D eigenvalue weighted by atomic mass is 16.3. The third-order valence-corrected chi connectivity index (χ3v) is 2.17. The summed E-state index contributed by atoms with van der Waals surface area (Å²) in [4.78, 5) is 3.98. The van der Waals surface area contributed by atoms with Gasteiger partial charge in [-0.15, -0.1) is 0 Å². The van der Waals surface area contributed by atoms with Gasteiger partial charge in [0.15, 0.2) is 0 Å². The van der Waals surface area contributed by atoms with Gasteiger partial charge in [-0.1, -0.05) is 20.3 Å². The molecular weight excluding hydrogens is 152 g/mol. The second-order valence-corrected chi connectivity index (χ2v) is 3.21. The van der Waals surface area contributed by atoms with Gasteiger partial charge in [-0.05, 0) is 5.92 Å². The van der Waals surface area contributed by atoms with Crippen LogP contribution in [0.15, 0.2) is 12.5 Å². The Morgan fingerprint density at radius 2 is 2.42 bits per heavy atom. The van der Waals surface area contributed by atoms with Gasteiger partial charge < -0.3 is 9.67 Å². The molecule has 0 bridgehead atoms. The van der Waals surface area contributed by atoms with Crippen LogP contribution in [0.2, 0.25) is 0 Å². The SMILES string of the molecule is CCC(C)Cn1cncc1CO. The average molecular weight is 168 g/mol. The van der Waals surface area contributed by atoms with E-state index < -0.39 is 0 Å². The lowest BCUT2D eigenvalue weighted by molar-refractivity contribution is 0.267. The Labute approximate surface area is 73.1 Å². The predicted molar refractivity (Wildman–Crippen MR) is 47.6 cm³/mol. The molecule has 1 atom stereocenters. The van der Waals surface area contributed by atoms with Crippen LogP contribution in [-0.2, 0) is 13.2 Å². The maximum absolute atomic E-state index is 8.93. The average Bonchev–Trinajstić information content (AvgIpc) is 2.51. The highest BCUT2D eigenvalue weighted by molar-refractivity contribution is 4.95. The third-order valence-electron chi connectivity index (χ3n) is 2.17. The Morgan fingerprint density at radius 3 is 3.00 bits per heavy atom. The molecule has 0 spiro atoms. The second-order valence-electron chi connectivity index (χ2n) is 3.21. The largest absolute Gasteiger partial charge is 0.390 e. The quantitative estimate of drug-likeness (QED) is 0.738.